The summed E-state index contributed by atoms with van der Waals surface area (Å²) in [5.74, 6) is 0.0195. The van der Waals surface area contributed by atoms with Gasteiger partial charge in [-0.05, 0) is 31.9 Å². The lowest BCUT2D eigenvalue weighted by Crippen LogP contribution is -2.48. The van der Waals surface area contributed by atoms with Crippen LogP contribution in [0.2, 0.25) is 0 Å². The standard InChI is InChI=1S/C20H30N4O2/c1-16-4-6-17(7-5-16)20(26)24-11-2-3-18(15-24)19(25)22-10-14-23-12-8-21-9-13-23/h4-7,18,21H,2-3,8-15H2,1H3,(H,22,25). The van der Waals surface area contributed by atoms with Gasteiger partial charge in [0.1, 0.15) is 0 Å². The SMILES string of the molecule is Cc1ccc(C(=O)N2CCCC(C(=O)NCCN3CCNCC3)C2)cc1. The molecule has 2 fully saturated rings. The summed E-state index contributed by atoms with van der Waals surface area (Å²) >= 11 is 0. The van der Waals surface area contributed by atoms with Crippen molar-refractivity contribution >= 4 is 11.8 Å². The minimum absolute atomic E-state index is 0.0308. The van der Waals surface area contributed by atoms with E-state index >= 15 is 0 Å². The first kappa shape index (κ1) is 18.9. The highest BCUT2D eigenvalue weighted by Gasteiger charge is 2.28. The van der Waals surface area contributed by atoms with Crippen molar-refractivity contribution in [2.24, 2.45) is 5.92 Å². The Balaban J connectivity index is 1.46. The summed E-state index contributed by atoms with van der Waals surface area (Å²) in [7, 11) is 0. The van der Waals surface area contributed by atoms with Crippen LogP contribution in [0.5, 0.6) is 0 Å². The summed E-state index contributed by atoms with van der Waals surface area (Å²) in [5, 5.41) is 6.40. The molecular weight excluding hydrogens is 328 g/mol. The second-order valence-corrected chi connectivity index (χ2v) is 7.34. The molecule has 2 heterocycles. The third-order valence-electron chi connectivity index (χ3n) is 5.31. The van der Waals surface area contributed by atoms with Gasteiger partial charge in [0.25, 0.3) is 5.91 Å². The summed E-state index contributed by atoms with van der Waals surface area (Å²) in [4.78, 5) is 29.4. The summed E-state index contributed by atoms with van der Waals surface area (Å²) in [5.41, 5.74) is 1.84. The van der Waals surface area contributed by atoms with Crippen LogP contribution in [-0.2, 0) is 4.79 Å². The molecular formula is C20H30N4O2. The number of piperidine rings is 1. The lowest BCUT2D eigenvalue weighted by Gasteiger charge is -2.32. The van der Waals surface area contributed by atoms with Gasteiger partial charge in [0, 0.05) is 57.9 Å². The Labute approximate surface area is 155 Å². The third kappa shape index (κ3) is 5.05. The van der Waals surface area contributed by atoms with Crippen LogP contribution in [-0.4, -0.2) is 74.0 Å². The quantitative estimate of drug-likeness (QED) is 0.820. The molecule has 1 aromatic carbocycles. The molecule has 0 saturated carbocycles. The highest BCUT2D eigenvalue weighted by Crippen LogP contribution is 2.19. The highest BCUT2D eigenvalue weighted by atomic mass is 16.2. The number of likely N-dealkylation sites (tertiary alicyclic amines) is 1. The van der Waals surface area contributed by atoms with Crippen LogP contribution in [0.3, 0.4) is 0 Å². The van der Waals surface area contributed by atoms with Crippen LogP contribution in [0.4, 0.5) is 0 Å². The Hall–Kier alpha value is -1.92. The molecule has 2 N–H and O–H groups in total. The van der Waals surface area contributed by atoms with Crippen LogP contribution in [0, 0.1) is 12.8 Å². The predicted octanol–water partition coefficient (Wildman–Crippen LogP) is 0.869. The Kier molecular flexibility index (Phi) is 6.63. The lowest BCUT2D eigenvalue weighted by atomic mass is 9.96. The Morgan fingerprint density at radius 1 is 1.15 bits per heavy atom. The number of carbonyl (C=O) groups excluding carboxylic acids is 2. The van der Waals surface area contributed by atoms with E-state index in [4.69, 9.17) is 0 Å². The topological polar surface area (TPSA) is 64.7 Å². The van der Waals surface area contributed by atoms with E-state index in [2.05, 4.69) is 15.5 Å². The molecule has 0 aromatic heterocycles. The lowest BCUT2D eigenvalue weighted by molar-refractivity contribution is -0.126. The molecule has 1 atom stereocenters. The molecule has 0 aliphatic carbocycles. The van der Waals surface area contributed by atoms with Crippen LogP contribution in [0.15, 0.2) is 24.3 Å². The van der Waals surface area contributed by atoms with Crippen molar-refractivity contribution < 1.29 is 9.59 Å². The average molecular weight is 358 g/mol. The number of rotatable bonds is 5. The number of nitrogens with zero attached hydrogens (tertiary/aromatic N) is 2. The van der Waals surface area contributed by atoms with Gasteiger partial charge in [-0.25, -0.2) is 0 Å². The van der Waals surface area contributed by atoms with Crippen LogP contribution in [0.1, 0.15) is 28.8 Å². The minimum Gasteiger partial charge on any atom is -0.355 e. The molecule has 2 amide bonds. The van der Waals surface area contributed by atoms with Crippen molar-refractivity contribution in [3.05, 3.63) is 35.4 Å². The second-order valence-electron chi connectivity index (χ2n) is 7.34. The highest BCUT2D eigenvalue weighted by molar-refractivity contribution is 5.94. The number of aryl methyl sites for hydroxylation is 1. The number of carbonyl (C=O) groups is 2. The van der Waals surface area contributed by atoms with E-state index in [0.29, 0.717) is 18.7 Å². The maximum absolute atomic E-state index is 12.7. The van der Waals surface area contributed by atoms with Crippen LogP contribution >= 0.6 is 0 Å². The van der Waals surface area contributed by atoms with E-state index in [0.717, 1.165) is 57.7 Å². The molecule has 6 heteroatoms. The van der Waals surface area contributed by atoms with Crippen molar-refractivity contribution in [3.63, 3.8) is 0 Å². The van der Waals surface area contributed by atoms with Gasteiger partial charge in [-0.2, -0.15) is 0 Å². The Morgan fingerprint density at radius 2 is 1.88 bits per heavy atom. The fraction of sp³-hybridized carbons (Fsp3) is 0.600. The van der Waals surface area contributed by atoms with Crippen LogP contribution in [0.25, 0.3) is 0 Å². The van der Waals surface area contributed by atoms with Crippen molar-refractivity contribution in [2.75, 3.05) is 52.4 Å². The molecule has 26 heavy (non-hydrogen) atoms. The van der Waals surface area contributed by atoms with Crippen LogP contribution < -0.4 is 10.6 Å². The fourth-order valence-corrected chi connectivity index (χ4v) is 3.67. The van der Waals surface area contributed by atoms with Gasteiger partial charge in [0.05, 0.1) is 5.92 Å². The first-order valence-electron chi connectivity index (χ1n) is 9.70. The molecule has 0 bridgehead atoms. The zero-order valence-electron chi connectivity index (χ0n) is 15.7. The maximum atomic E-state index is 12.7. The molecule has 6 nitrogen and oxygen atoms in total. The smallest absolute Gasteiger partial charge is 0.253 e. The van der Waals surface area contributed by atoms with Gasteiger partial charge in [0.15, 0.2) is 0 Å². The molecule has 0 spiro atoms. The molecule has 142 valence electrons. The monoisotopic (exact) mass is 358 g/mol. The van der Waals surface area contributed by atoms with Gasteiger partial charge < -0.3 is 15.5 Å². The first-order valence-corrected chi connectivity index (χ1v) is 9.70. The maximum Gasteiger partial charge on any atom is 0.253 e. The predicted molar refractivity (Wildman–Crippen MR) is 102 cm³/mol. The summed E-state index contributed by atoms with van der Waals surface area (Å²) in [6.07, 6.45) is 1.74. The number of amides is 2. The Morgan fingerprint density at radius 3 is 2.62 bits per heavy atom. The van der Waals surface area contributed by atoms with Crippen molar-refractivity contribution in [1.82, 2.24) is 20.4 Å². The fourth-order valence-electron chi connectivity index (χ4n) is 3.67. The normalized spacial score (nSPS) is 21.4. The summed E-state index contributed by atoms with van der Waals surface area (Å²) in [6, 6.07) is 7.65. The number of benzene rings is 1. The van der Waals surface area contributed by atoms with Crippen molar-refractivity contribution in [3.8, 4) is 0 Å². The molecule has 2 aliphatic heterocycles. The molecule has 2 saturated heterocycles. The molecule has 3 rings (SSSR count). The minimum atomic E-state index is -0.0961. The zero-order valence-corrected chi connectivity index (χ0v) is 15.7. The van der Waals surface area contributed by atoms with Gasteiger partial charge in [-0.3, -0.25) is 14.5 Å². The summed E-state index contributed by atoms with van der Waals surface area (Å²) in [6.45, 7) is 8.96. The van der Waals surface area contributed by atoms with E-state index in [1.54, 1.807) is 0 Å². The van der Waals surface area contributed by atoms with Crippen molar-refractivity contribution in [1.29, 1.82) is 0 Å². The van der Waals surface area contributed by atoms with Gasteiger partial charge in [-0.1, -0.05) is 17.7 Å². The van der Waals surface area contributed by atoms with E-state index in [-0.39, 0.29) is 17.7 Å². The molecule has 1 unspecified atom stereocenters. The van der Waals surface area contributed by atoms with Crippen molar-refractivity contribution in [2.45, 2.75) is 19.8 Å². The summed E-state index contributed by atoms with van der Waals surface area (Å²) < 4.78 is 0. The van der Waals surface area contributed by atoms with E-state index < -0.39 is 0 Å². The number of nitrogens with one attached hydrogen (secondary N) is 2. The third-order valence-corrected chi connectivity index (χ3v) is 5.31. The van der Waals surface area contributed by atoms with E-state index in [9.17, 15) is 9.59 Å². The average Bonchev–Trinajstić information content (AvgIpc) is 2.69. The van der Waals surface area contributed by atoms with E-state index in [1.165, 1.54) is 0 Å². The van der Waals surface area contributed by atoms with Gasteiger partial charge >= 0.3 is 0 Å². The first-order chi connectivity index (χ1) is 12.6. The molecule has 1 aromatic rings. The molecule has 2 aliphatic rings. The number of hydrogen-bond donors (Lipinski definition) is 2. The number of hydrogen-bond acceptors (Lipinski definition) is 4. The zero-order chi connectivity index (χ0) is 18.4. The largest absolute Gasteiger partial charge is 0.355 e. The number of piperazine rings is 1. The molecule has 0 radical (unpaired) electrons. The Bertz CT molecular complexity index is 611. The second kappa shape index (κ2) is 9.14. The van der Waals surface area contributed by atoms with Gasteiger partial charge in [0.2, 0.25) is 5.91 Å². The van der Waals surface area contributed by atoms with Gasteiger partial charge in [-0.15, -0.1) is 0 Å². The van der Waals surface area contributed by atoms with E-state index in [1.807, 2.05) is 36.1 Å².